The van der Waals surface area contributed by atoms with Gasteiger partial charge in [-0.1, -0.05) is 19.9 Å². The molecule has 0 aliphatic carbocycles. The molecule has 1 amide bonds. The van der Waals surface area contributed by atoms with Crippen LogP contribution in [0.15, 0.2) is 61.4 Å². The molecule has 3 N–H and O–H groups in total. The molecule has 0 saturated heterocycles. The molecule has 0 aromatic carbocycles. The van der Waals surface area contributed by atoms with E-state index in [4.69, 9.17) is 4.98 Å². The van der Waals surface area contributed by atoms with Gasteiger partial charge in [-0.05, 0) is 18.2 Å². The van der Waals surface area contributed by atoms with E-state index in [9.17, 15) is 4.79 Å². The van der Waals surface area contributed by atoms with E-state index in [0.717, 1.165) is 11.3 Å². The number of imidazole rings is 1. The van der Waals surface area contributed by atoms with Gasteiger partial charge in [-0.3, -0.25) is 29.8 Å². The molecule has 6 heterocycles. The first-order valence-corrected chi connectivity index (χ1v) is 11.5. The fourth-order valence-corrected chi connectivity index (χ4v) is 4.03. The summed E-state index contributed by atoms with van der Waals surface area (Å²) in [4.78, 5) is 37.2. The standard InChI is InChI=1S/C26H20FN9O/c1-13(2)26(37)32-15-7-14(8-28-9-15)22-21(27)20-18(12-31-22)35-36-24(20)25-33-19-11-29-10-16(23(19)34-25)17-5-3-4-6-30-17/h3-13H,1-2H3,(H,32,37)(H,33,34)(H,35,36). The molecule has 0 spiro atoms. The molecule has 0 radical (unpaired) electrons. The second kappa shape index (κ2) is 8.86. The molecule has 0 unspecified atom stereocenters. The highest BCUT2D eigenvalue weighted by Crippen LogP contribution is 2.34. The van der Waals surface area contributed by atoms with Crippen LogP contribution >= 0.6 is 0 Å². The van der Waals surface area contributed by atoms with Crippen molar-refractivity contribution < 1.29 is 9.18 Å². The number of carbonyl (C=O) groups excluding carboxylic acids is 1. The van der Waals surface area contributed by atoms with Gasteiger partial charge in [0.05, 0.1) is 46.4 Å². The van der Waals surface area contributed by atoms with Crippen LogP contribution in [0.3, 0.4) is 0 Å². The molecule has 0 bridgehead atoms. The molecule has 182 valence electrons. The Morgan fingerprint density at radius 3 is 2.68 bits per heavy atom. The van der Waals surface area contributed by atoms with Gasteiger partial charge in [0.15, 0.2) is 11.6 Å². The Balaban J connectivity index is 1.45. The molecular weight excluding hydrogens is 473 g/mol. The first-order chi connectivity index (χ1) is 18.0. The third kappa shape index (κ3) is 3.96. The number of nitrogens with zero attached hydrogens (tertiary/aromatic N) is 6. The number of nitrogens with one attached hydrogen (secondary N) is 3. The second-order valence-corrected chi connectivity index (χ2v) is 8.77. The maximum Gasteiger partial charge on any atom is 0.226 e. The Morgan fingerprint density at radius 1 is 1.00 bits per heavy atom. The number of amides is 1. The van der Waals surface area contributed by atoms with E-state index < -0.39 is 5.82 Å². The van der Waals surface area contributed by atoms with Gasteiger partial charge in [-0.25, -0.2) is 9.37 Å². The predicted molar refractivity (Wildman–Crippen MR) is 137 cm³/mol. The average molecular weight is 494 g/mol. The highest BCUT2D eigenvalue weighted by molar-refractivity contribution is 5.98. The number of anilines is 1. The van der Waals surface area contributed by atoms with Crippen molar-refractivity contribution in [3.63, 3.8) is 0 Å². The van der Waals surface area contributed by atoms with E-state index in [2.05, 4.69) is 40.4 Å². The summed E-state index contributed by atoms with van der Waals surface area (Å²) in [5, 5.41) is 10.2. The van der Waals surface area contributed by atoms with Crippen LogP contribution in [0, 0.1) is 11.7 Å². The largest absolute Gasteiger partial charge is 0.335 e. The van der Waals surface area contributed by atoms with E-state index in [0.29, 0.717) is 39.3 Å². The minimum Gasteiger partial charge on any atom is -0.335 e. The number of fused-ring (bicyclic) bond motifs is 2. The normalized spacial score (nSPS) is 11.5. The zero-order valence-corrected chi connectivity index (χ0v) is 19.8. The number of rotatable bonds is 5. The minimum atomic E-state index is -0.584. The minimum absolute atomic E-state index is 0.0789. The van der Waals surface area contributed by atoms with E-state index in [1.807, 2.05) is 18.2 Å². The van der Waals surface area contributed by atoms with Crippen molar-refractivity contribution in [1.29, 1.82) is 0 Å². The maximum absolute atomic E-state index is 16.0. The second-order valence-electron chi connectivity index (χ2n) is 8.77. The Labute approximate surface area is 209 Å². The maximum atomic E-state index is 16.0. The molecule has 0 saturated carbocycles. The molecule has 0 fully saturated rings. The lowest BCUT2D eigenvalue weighted by Crippen LogP contribution is -2.17. The van der Waals surface area contributed by atoms with Crippen molar-refractivity contribution in [2.75, 3.05) is 5.32 Å². The van der Waals surface area contributed by atoms with Gasteiger partial charge in [-0.15, -0.1) is 0 Å². The first kappa shape index (κ1) is 22.4. The van der Waals surface area contributed by atoms with E-state index in [1.54, 1.807) is 38.5 Å². The lowest BCUT2D eigenvalue weighted by atomic mass is 10.1. The molecule has 6 rings (SSSR count). The Bertz CT molecular complexity index is 1780. The fraction of sp³-hybridized carbons (Fsp3) is 0.115. The van der Waals surface area contributed by atoms with Gasteiger partial charge in [0.1, 0.15) is 16.9 Å². The number of H-pyrrole nitrogens is 2. The van der Waals surface area contributed by atoms with Gasteiger partial charge >= 0.3 is 0 Å². The van der Waals surface area contributed by atoms with Crippen LogP contribution in [0.25, 0.3) is 56.0 Å². The van der Waals surface area contributed by atoms with Crippen molar-refractivity contribution in [3.8, 4) is 34.0 Å². The van der Waals surface area contributed by atoms with Crippen LogP contribution in [0.5, 0.6) is 0 Å². The van der Waals surface area contributed by atoms with E-state index >= 15 is 4.39 Å². The summed E-state index contributed by atoms with van der Waals surface area (Å²) in [7, 11) is 0. The lowest BCUT2D eigenvalue weighted by molar-refractivity contribution is -0.118. The Hall–Kier alpha value is -5.06. The van der Waals surface area contributed by atoms with Crippen LogP contribution in [0.1, 0.15) is 13.8 Å². The summed E-state index contributed by atoms with van der Waals surface area (Å²) < 4.78 is 16.0. The number of aromatic amines is 2. The number of hydrogen-bond donors (Lipinski definition) is 3. The molecular formula is C26H20FN9O. The van der Waals surface area contributed by atoms with Crippen LogP contribution in [0.2, 0.25) is 0 Å². The highest BCUT2D eigenvalue weighted by atomic mass is 19.1. The predicted octanol–water partition coefficient (Wildman–Crippen LogP) is 4.75. The van der Waals surface area contributed by atoms with Crippen molar-refractivity contribution >= 4 is 33.5 Å². The molecule has 0 aliphatic heterocycles. The van der Waals surface area contributed by atoms with Gasteiger partial charge < -0.3 is 10.3 Å². The smallest absolute Gasteiger partial charge is 0.226 e. The zero-order valence-electron chi connectivity index (χ0n) is 19.8. The number of pyridine rings is 4. The molecule has 0 atom stereocenters. The number of aromatic nitrogens is 8. The number of carbonyl (C=O) groups is 1. The molecule has 37 heavy (non-hydrogen) atoms. The van der Waals surface area contributed by atoms with Gasteiger partial charge in [0, 0.05) is 35.6 Å². The monoisotopic (exact) mass is 493 g/mol. The molecule has 6 aromatic rings. The number of hydrogen-bond acceptors (Lipinski definition) is 7. The summed E-state index contributed by atoms with van der Waals surface area (Å²) in [5.41, 5.74) is 4.45. The summed E-state index contributed by atoms with van der Waals surface area (Å²) in [5.74, 6) is -0.581. The third-order valence-electron chi connectivity index (χ3n) is 5.91. The molecule has 0 aliphatic rings. The Morgan fingerprint density at radius 2 is 1.86 bits per heavy atom. The summed E-state index contributed by atoms with van der Waals surface area (Å²) >= 11 is 0. The Kier molecular flexibility index (Phi) is 5.37. The SMILES string of the molecule is CC(C)C(=O)Nc1cncc(-c2ncc3[nH]nc(-c4nc5c(-c6ccccn6)cncc5[nH]4)c3c2F)c1. The van der Waals surface area contributed by atoms with Crippen LogP contribution in [-0.4, -0.2) is 46.0 Å². The lowest BCUT2D eigenvalue weighted by Gasteiger charge is -2.09. The van der Waals surface area contributed by atoms with Crippen molar-refractivity contribution in [1.82, 2.24) is 40.1 Å². The highest BCUT2D eigenvalue weighted by Gasteiger charge is 2.22. The average Bonchev–Trinajstić information content (AvgIpc) is 3.54. The van der Waals surface area contributed by atoms with Crippen molar-refractivity contribution in [2.45, 2.75) is 13.8 Å². The molecule has 11 heteroatoms. The summed E-state index contributed by atoms with van der Waals surface area (Å²) in [6, 6.07) is 7.23. The fourth-order valence-electron chi connectivity index (χ4n) is 4.03. The van der Waals surface area contributed by atoms with Crippen LogP contribution in [0.4, 0.5) is 10.1 Å². The van der Waals surface area contributed by atoms with Crippen LogP contribution in [-0.2, 0) is 4.79 Å². The molecule has 6 aromatic heterocycles. The first-order valence-electron chi connectivity index (χ1n) is 11.5. The van der Waals surface area contributed by atoms with Crippen molar-refractivity contribution in [3.05, 3.63) is 67.3 Å². The zero-order chi connectivity index (χ0) is 25.5. The number of halogens is 1. The van der Waals surface area contributed by atoms with Crippen LogP contribution < -0.4 is 5.32 Å². The summed E-state index contributed by atoms with van der Waals surface area (Å²) in [6.07, 6.45) is 9.55. The van der Waals surface area contributed by atoms with Gasteiger partial charge in [0.2, 0.25) is 5.91 Å². The quantitative estimate of drug-likeness (QED) is 0.315. The van der Waals surface area contributed by atoms with Gasteiger partial charge in [0.25, 0.3) is 0 Å². The third-order valence-corrected chi connectivity index (χ3v) is 5.91. The van der Waals surface area contributed by atoms with Crippen molar-refractivity contribution in [2.24, 2.45) is 5.92 Å². The molecule has 10 nitrogen and oxygen atoms in total. The topological polar surface area (TPSA) is 138 Å². The summed E-state index contributed by atoms with van der Waals surface area (Å²) in [6.45, 7) is 3.57. The van der Waals surface area contributed by atoms with E-state index in [-0.39, 0.29) is 22.9 Å². The van der Waals surface area contributed by atoms with E-state index in [1.165, 1.54) is 18.6 Å². The van der Waals surface area contributed by atoms with Gasteiger partial charge in [-0.2, -0.15) is 5.10 Å².